The van der Waals surface area contributed by atoms with Gasteiger partial charge in [-0.15, -0.1) is 0 Å². The van der Waals surface area contributed by atoms with Crippen LogP contribution in [0.5, 0.6) is 0 Å². The molecule has 6 nitrogen and oxygen atoms in total. The molecule has 0 aliphatic rings. The molecule has 1 amide bonds. The zero-order valence-corrected chi connectivity index (χ0v) is 13.7. The number of nitrogens with zero attached hydrogens (tertiary/aromatic N) is 1. The van der Waals surface area contributed by atoms with Gasteiger partial charge in [0.15, 0.2) is 0 Å². The minimum atomic E-state index is -3.62. The summed E-state index contributed by atoms with van der Waals surface area (Å²) in [6, 6.07) is 4.39. The highest BCUT2D eigenvalue weighted by Crippen LogP contribution is 2.25. The van der Waals surface area contributed by atoms with Crippen molar-refractivity contribution in [2.75, 3.05) is 27.2 Å². The fourth-order valence-electron chi connectivity index (χ4n) is 1.42. The summed E-state index contributed by atoms with van der Waals surface area (Å²) in [4.78, 5) is 11.9. The van der Waals surface area contributed by atoms with Gasteiger partial charge in [0.2, 0.25) is 10.0 Å². The molecule has 0 radical (unpaired) electrons. The lowest BCUT2D eigenvalue weighted by Gasteiger charge is -2.14. The molecular formula is C12H17BrN2O4S. The first kappa shape index (κ1) is 17.1. The number of nitrogens with one attached hydrogen (secondary N) is 1. The number of hydrogen-bond donors (Lipinski definition) is 2. The number of halogens is 1. The van der Waals surface area contributed by atoms with Gasteiger partial charge in [0, 0.05) is 37.3 Å². The molecule has 0 aromatic heterocycles. The molecular weight excluding hydrogens is 348 g/mol. The number of benzene rings is 1. The van der Waals surface area contributed by atoms with Gasteiger partial charge in [-0.1, -0.05) is 0 Å². The summed E-state index contributed by atoms with van der Waals surface area (Å²) >= 11 is 3.18. The number of aliphatic hydroxyl groups excluding tert-OH is 1. The molecule has 20 heavy (non-hydrogen) atoms. The number of sulfonamides is 1. The van der Waals surface area contributed by atoms with Crippen molar-refractivity contribution in [1.82, 2.24) is 9.62 Å². The Morgan fingerprint density at radius 1 is 1.40 bits per heavy atom. The van der Waals surface area contributed by atoms with Crippen molar-refractivity contribution >= 4 is 31.9 Å². The topological polar surface area (TPSA) is 86.7 Å². The van der Waals surface area contributed by atoms with Gasteiger partial charge >= 0.3 is 0 Å². The van der Waals surface area contributed by atoms with Crippen LogP contribution >= 0.6 is 15.9 Å². The summed E-state index contributed by atoms with van der Waals surface area (Å²) in [5.41, 5.74) is 0.256. The smallest absolute Gasteiger partial charge is 0.251 e. The molecule has 0 saturated heterocycles. The lowest BCUT2D eigenvalue weighted by Crippen LogP contribution is -2.26. The lowest BCUT2D eigenvalue weighted by atomic mass is 10.2. The Morgan fingerprint density at radius 3 is 2.60 bits per heavy atom. The van der Waals surface area contributed by atoms with E-state index in [0.717, 1.165) is 4.31 Å². The van der Waals surface area contributed by atoms with Crippen LogP contribution in [0, 0.1) is 0 Å². The van der Waals surface area contributed by atoms with E-state index in [-0.39, 0.29) is 23.0 Å². The first-order valence-electron chi connectivity index (χ1n) is 5.92. The van der Waals surface area contributed by atoms with Gasteiger partial charge in [0.1, 0.15) is 0 Å². The second-order valence-corrected chi connectivity index (χ2v) is 7.24. The summed E-state index contributed by atoms with van der Waals surface area (Å²) in [6.45, 7) is 0.321. The second-order valence-electron chi connectivity index (χ2n) is 4.27. The van der Waals surface area contributed by atoms with Crippen molar-refractivity contribution < 1.29 is 18.3 Å². The zero-order valence-electron chi connectivity index (χ0n) is 11.3. The SMILES string of the molecule is CN(C)S(=O)(=O)c1cc(C(=O)NCCCO)ccc1Br. The number of carbonyl (C=O) groups is 1. The van der Waals surface area contributed by atoms with Crippen LogP contribution in [0.2, 0.25) is 0 Å². The molecule has 1 rings (SSSR count). The van der Waals surface area contributed by atoms with Crippen LogP contribution in [0.3, 0.4) is 0 Å². The molecule has 8 heteroatoms. The summed E-state index contributed by atoms with van der Waals surface area (Å²) in [6.07, 6.45) is 0.450. The average Bonchev–Trinajstić information content (AvgIpc) is 2.38. The van der Waals surface area contributed by atoms with E-state index in [9.17, 15) is 13.2 Å². The molecule has 0 aliphatic heterocycles. The van der Waals surface area contributed by atoms with Crippen LogP contribution in [0.1, 0.15) is 16.8 Å². The summed E-state index contributed by atoms with van der Waals surface area (Å²) in [5, 5.41) is 11.3. The molecule has 1 aromatic rings. The van der Waals surface area contributed by atoms with Gasteiger partial charge < -0.3 is 10.4 Å². The Bertz CT molecular complexity index is 587. The Kier molecular flexibility index (Phi) is 6.12. The molecule has 0 atom stereocenters. The van der Waals surface area contributed by atoms with Crippen molar-refractivity contribution in [3.05, 3.63) is 28.2 Å². The quantitative estimate of drug-likeness (QED) is 0.731. The third-order valence-electron chi connectivity index (χ3n) is 2.57. The van der Waals surface area contributed by atoms with Crippen LogP contribution < -0.4 is 5.32 Å². The average molecular weight is 365 g/mol. The fourth-order valence-corrected chi connectivity index (χ4v) is 3.27. The van der Waals surface area contributed by atoms with Gasteiger partial charge in [-0.05, 0) is 40.5 Å². The molecule has 112 valence electrons. The maximum atomic E-state index is 12.1. The Labute approximate surface area is 127 Å². The first-order chi connectivity index (χ1) is 9.30. The molecule has 0 spiro atoms. The van der Waals surface area contributed by atoms with Crippen LogP contribution in [0.25, 0.3) is 0 Å². The summed E-state index contributed by atoms with van der Waals surface area (Å²) in [5.74, 6) is -0.374. The normalized spacial score (nSPS) is 11.7. The van der Waals surface area contributed by atoms with Crippen molar-refractivity contribution in [3.63, 3.8) is 0 Å². The molecule has 0 fully saturated rings. The highest BCUT2D eigenvalue weighted by atomic mass is 79.9. The number of aliphatic hydroxyl groups is 1. The van der Waals surface area contributed by atoms with Crippen molar-refractivity contribution in [2.24, 2.45) is 0 Å². The molecule has 0 heterocycles. The molecule has 1 aromatic carbocycles. The van der Waals surface area contributed by atoms with E-state index in [1.54, 1.807) is 0 Å². The van der Waals surface area contributed by atoms with E-state index in [1.165, 1.54) is 32.3 Å². The summed E-state index contributed by atoms with van der Waals surface area (Å²) in [7, 11) is -0.770. The second kappa shape index (κ2) is 7.16. The minimum absolute atomic E-state index is 0.0130. The van der Waals surface area contributed by atoms with Gasteiger partial charge in [-0.2, -0.15) is 0 Å². The van der Waals surface area contributed by atoms with Crippen LogP contribution in [0.15, 0.2) is 27.6 Å². The largest absolute Gasteiger partial charge is 0.396 e. The third kappa shape index (κ3) is 4.02. The number of rotatable bonds is 6. The minimum Gasteiger partial charge on any atom is -0.396 e. The van der Waals surface area contributed by atoms with Crippen molar-refractivity contribution in [1.29, 1.82) is 0 Å². The van der Waals surface area contributed by atoms with E-state index in [0.29, 0.717) is 17.4 Å². The predicted octanol–water partition coefficient (Wildman–Crippen LogP) is 0.812. The maximum Gasteiger partial charge on any atom is 0.251 e. The fraction of sp³-hybridized carbons (Fsp3) is 0.417. The molecule has 0 bridgehead atoms. The van der Waals surface area contributed by atoms with Crippen LogP contribution in [-0.2, 0) is 10.0 Å². The number of carbonyl (C=O) groups excluding carboxylic acids is 1. The monoisotopic (exact) mass is 364 g/mol. The first-order valence-corrected chi connectivity index (χ1v) is 8.15. The Morgan fingerprint density at radius 2 is 2.05 bits per heavy atom. The highest BCUT2D eigenvalue weighted by molar-refractivity contribution is 9.10. The molecule has 2 N–H and O–H groups in total. The Balaban J connectivity index is 3.06. The predicted molar refractivity (Wildman–Crippen MR) is 79.1 cm³/mol. The van der Waals surface area contributed by atoms with E-state index < -0.39 is 10.0 Å². The van der Waals surface area contributed by atoms with Crippen LogP contribution in [-0.4, -0.2) is 51.0 Å². The van der Waals surface area contributed by atoms with E-state index in [2.05, 4.69) is 21.2 Å². The molecule has 0 unspecified atom stereocenters. The van der Waals surface area contributed by atoms with Gasteiger partial charge in [-0.25, -0.2) is 12.7 Å². The lowest BCUT2D eigenvalue weighted by molar-refractivity contribution is 0.0951. The molecule has 0 aliphatic carbocycles. The number of hydrogen-bond acceptors (Lipinski definition) is 4. The van der Waals surface area contributed by atoms with Gasteiger partial charge in [0.05, 0.1) is 4.90 Å². The van der Waals surface area contributed by atoms with Gasteiger partial charge in [-0.3, -0.25) is 4.79 Å². The van der Waals surface area contributed by atoms with E-state index in [4.69, 9.17) is 5.11 Å². The van der Waals surface area contributed by atoms with Crippen LogP contribution in [0.4, 0.5) is 0 Å². The highest BCUT2D eigenvalue weighted by Gasteiger charge is 2.22. The standard InChI is InChI=1S/C12H17BrN2O4S/c1-15(2)20(18,19)11-8-9(4-5-10(11)13)12(17)14-6-3-7-16/h4-5,8,16H,3,6-7H2,1-2H3,(H,14,17). The molecule has 0 saturated carbocycles. The maximum absolute atomic E-state index is 12.1. The number of amides is 1. The zero-order chi connectivity index (χ0) is 15.3. The van der Waals surface area contributed by atoms with E-state index >= 15 is 0 Å². The Hall–Kier alpha value is -0.960. The van der Waals surface area contributed by atoms with Gasteiger partial charge in [0.25, 0.3) is 5.91 Å². The van der Waals surface area contributed by atoms with Crippen molar-refractivity contribution in [2.45, 2.75) is 11.3 Å². The van der Waals surface area contributed by atoms with E-state index in [1.807, 2.05) is 0 Å². The third-order valence-corrected chi connectivity index (χ3v) is 5.38. The summed E-state index contributed by atoms with van der Waals surface area (Å²) < 4.78 is 25.7. The van der Waals surface area contributed by atoms with Crippen molar-refractivity contribution in [3.8, 4) is 0 Å².